The lowest BCUT2D eigenvalue weighted by atomic mass is 10.1. The number of nitrogen functional groups attached to an aromatic ring is 1. The van der Waals surface area contributed by atoms with E-state index in [9.17, 15) is 4.79 Å². The van der Waals surface area contributed by atoms with Crippen LogP contribution in [-0.4, -0.2) is 31.6 Å². The SMILES string of the molecule is CC(C)(C)n1c(N)nnc1SCC(=O)O. The first-order chi connectivity index (χ1) is 6.82. The van der Waals surface area contributed by atoms with Crippen molar-refractivity contribution < 1.29 is 9.90 Å². The van der Waals surface area contributed by atoms with Crippen LogP contribution in [0.25, 0.3) is 0 Å². The van der Waals surface area contributed by atoms with Gasteiger partial charge in [-0.2, -0.15) is 0 Å². The monoisotopic (exact) mass is 230 g/mol. The molecule has 0 radical (unpaired) electrons. The molecule has 0 spiro atoms. The summed E-state index contributed by atoms with van der Waals surface area (Å²) in [6.45, 7) is 5.87. The van der Waals surface area contributed by atoms with Gasteiger partial charge in [-0.15, -0.1) is 10.2 Å². The third-order valence-electron chi connectivity index (χ3n) is 1.65. The standard InChI is InChI=1S/C8H14N4O2S/c1-8(2,3)12-6(9)10-11-7(12)15-4-5(13)14/h4H2,1-3H3,(H2,9,10)(H,13,14). The maximum atomic E-state index is 10.4. The average Bonchev–Trinajstić information content (AvgIpc) is 2.42. The molecule has 0 aromatic carbocycles. The van der Waals surface area contributed by atoms with Crippen LogP contribution in [0.3, 0.4) is 0 Å². The number of rotatable bonds is 3. The normalized spacial score (nSPS) is 11.7. The summed E-state index contributed by atoms with van der Waals surface area (Å²) >= 11 is 1.11. The number of nitrogens with zero attached hydrogens (tertiary/aromatic N) is 3. The topological polar surface area (TPSA) is 94.0 Å². The van der Waals surface area contributed by atoms with Crippen molar-refractivity contribution in [3.63, 3.8) is 0 Å². The number of aromatic nitrogens is 3. The number of anilines is 1. The Hall–Kier alpha value is -1.24. The zero-order chi connectivity index (χ0) is 11.6. The molecule has 0 unspecified atom stereocenters. The molecule has 3 N–H and O–H groups in total. The van der Waals surface area contributed by atoms with Crippen molar-refractivity contribution in [3.05, 3.63) is 0 Å². The summed E-state index contributed by atoms with van der Waals surface area (Å²) in [6, 6.07) is 0. The third-order valence-corrected chi connectivity index (χ3v) is 2.57. The largest absolute Gasteiger partial charge is 0.481 e. The van der Waals surface area contributed by atoms with Gasteiger partial charge in [0.15, 0.2) is 5.16 Å². The van der Waals surface area contributed by atoms with E-state index in [1.54, 1.807) is 4.57 Å². The van der Waals surface area contributed by atoms with Crippen LogP contribution in [0.1, 0.15) is 20.8 Å². The van der Waals surface area contributed by atoms with Crippen molar-refractivity contribution in [2.24, 2.45) is 0 Å². The Morgan fingerprint density at radius 1 is 1.53 bits per heavy atom. The lowest BCUT2D eigenvalue weighted by Crippen LogP contribution is -2.24. The molecule has 0 saturated heterocycles. The van der Waals surface area contributed by atoms with Gasteiger partial charge in [0.25, 0.3) is 0 Å². The number of thioether (sulfide) groups is 1. The minimum atomic E-state index is -0.887. The minimum Gasteiger partial charge on any atom is -0.481 e. The van der Waals surface area contributed by atoms with Gasteiger partial charge in [-0.05, 0) is 20.8 Å². The van der Waals surface area contributed by atoms with Crippen molar-refractivity contribution in [2.45, 2.75) is 31.5 Å². The van der Waals surface area contributed by atoms with Crippen LogP contribution < -0.4 is 5.73 Å². The second-order valence-corrected chi connectivity index (χ2v) is 4.97. The van der Waals surface area contributed by atoms with E-state index >= 15 is 0 Å². The van der Waals surface area contributed by atoms with Crippen LogP contribution in [-0.2, 0) is 10.3 Å². The quantitative estimate of drug-likeness (QED) is 0.746. The number of nitrogens with two attached hydrogens (primary N) is 1. The Morgan fingerprint density at radius 3 is 2.60 bits per heavy atom. The molecule has 1 heterocycles. The van der Waals surface area contributed by atoms with Gasteiger partial charge in [-0.25, -0.2) is 0 Å². The molecule has 0 aliphatic carbocycles. The molecule has 0 aliphatic heterocycles. The fraction of sp³-hybridized carbons (Fsp3) is 0.625. The van der Waals surface area contributed by atoms with Gasteiger partial charge in [0, 0.05) is 5.54 Å². The molecular weight excluding hydrogens is 216 g/mol. The van der Waals surface area contributed by atoms with Crippen LogP contribution >= 0.6 is 11.8 Å². The Kier molecular flexibility index (Phi) is 3.23. The van der Waals surface area contributed by atoms with Gasteiger partial charge in [0.1, 0.15) is 0 Å². The molecule has 0 amide bonds. The number of aliphatic carboxylic acids is 1. The van der Waals surface area contributed by atoms with Crippen molar-refractivity contribution >= 4 is 23.7 Å². The highest BCUT2D eigenvalue weighted by Gasteiger charge is 2.22. The van der Waals surface area contributed by atoms with Gasteiger partial charge in [0.05, 0.1) is 5.75 Å². The molecule has 84 valence electrons. The van der Waals surface area contributed by atoms with E-state index in [2.05, 4.69) is 10.2 Å². The first-order valence-electron chi connectivity index (χ1n) is 4.38. The highest BCUT2D eigenvalue weighted by atomic mass is 32.2. The van der Waals surface area contributed by atoms with Gasteiger partial charge in [0.2, 0.25) is 5.95 Å². The highest BCUT2D eigenvalue weighted by molar-refractivity contribution is 7.99. The Morgan fingerprint density at radius 2 is 2.13 bits per heavy atom. The van der Waals surface area contributed by atoms with Crippen LogP contribution in [0.15, 0.2) is 5.16 Å². The number of carbonyl (C=O) groups is 1. The van der Waals surface area contributed by atoms with Crippen LogP contribution in [0.2, 0.25) is 0 Å². The number of carboxylic acid groups (broad SMARTS) is 1. The second-order valence-electron chi connectivity index (χ2n) is 4.03. The molecule has 0 saturated carbocycles. The summed E-state index contributed by atoms with van der Waals surface area (Å²) in [5.74, 6) is -0.633. The third kappa shape index (κ3) is 2.85. The molecule has 15 heavy (non-hydrogen) atoms. The summed E-state index contributed by atoms with van der Waals surface area (Å²) in [5.41, 5.74) is 5.41. The van der Waals surface area contributed by atoms with Crippen molar-refractivity contribution in [1.82, 2.24) is 14.8 Å². The fourth-order valence-corrected chi connectivity index (χ4v) is 1.98. The van der Waals surface area contributed by atoms with Gasteiger partial charge >= 0.3 is 5.97 Å². The zero-order valence-electron chi connectivity index (χ0n) is 8.89. The lowest BCUT2D eigenvalue weighted by Gasteiger charge is -2.22. The molecule has 7 heteroatoms. The highest BCUT2D eigenvalue weighted by Crippen LogP contribution is 2.26. The van der Waals surface area contributed by atoms with E-state index in [0.29, 0.717) is 11.1 Å². The first kappa shape index (κ1) is 11.8. The Balaban J connectivity index is 2.94. The number of hydrogen-bond donors (Lipinski definition) is 2. The Bertz CT molecular complexity index is 369. The average molecular weight is 230 g/mol. The van der Waals surface area contributed by atoms with Crippen LogP contribution in [0.4, 0.5) is 5.95 Å². The summed E-state index contributed by atoms with van der Waals surface area (Å²) in [6.07, 6.45) is 0. The van der Waals surface area contributed by atoms with E-state index in [-0.39, 0.29) is 11.3 Å². The van der Waals surface area contributed by atoms with Crippen molar-refractivity contribution in [1.29, 1.82) is 0 Å². The smallest absolute Gasteiger partial charge is 0.313 e. The minimum absolute atomic E-state index is 0.0474. The molecular formula is C8H14N4O2S. The Labute approximate surface area is 91.9 Å². The van der Waals surface area contributed by atoms with E-state index in [1.165, 1.54) is 0 Å². The summed E-state index contributed by atoms with van der Waals surface area (Å²) in [4.78, 5) is 10.4. The van der Waals surface area contributed by atoms with E-state index in [1.807, 2.05) is 20.8 Å². The summed E-state index contributed by atoms with van der Waals surface area (Å²) in [5, 5.41) is 16.7. The van der Waals surface area contributed by atoms with Crippen LogP contribution in [0, 0.1) is 0 Å². The van der Waals surface area contributed by atoms with E-state index in [0.717, 1.165) is 11.8 Å². The molecule has 1 aromatic rings. The zero-order valence-corrected chi connectivity index (χ0v) is 9.71. The molecule has 0 atom stereocenters. The van der Waals surface area contributed by atoms with Crippen molar-refractivity contribution in [3.8, 4) is 0 Å². The fourth-order valence-electron chi connectivity index (χ4n) is 1.13. The first-order valence-corrected chi connectivity index (χ1v) is 5.37. The summed E-state index contributed by atoms with van der Waals surface area (Å²) < 4.78 is 1.72. The maximum absolute atomic E-state index is 10.4. The number of carboxylic acids is 1. The van der Waals surface area contributed by atoms with Gasteiger partial charge in [-0.3, -0.25) is 9.36 Å². The van der Waals surface area contributed by atoms with E-state index in [4.69, 9.17) is 10.8 Å². The lowest BCUT2D eigenvalue weighted by molar-refractivity contribution is -0.133. The molecule has 1 rings (SSSR count). The van der Waals surface area contributed by atoms with E-state index < -0.39 is 5.97 Å². The van der Waals surface area contributed by atoms with Gasteiger partial charge < -0.3 is 10.8 Å². The number of hydrogen-bond acceptors (Lipinski definition) is 5. The van der Waals surface area contributed by atoms with Gasteiger partial charge in [-0.1, -0.05) is 11.8 Å². The molecule has 1 aromatic heterocycles. The molecule has 6 nitrogen and oxygen atoms in total. The second kappa shape index (κ2) is 4.09. The summed E-state index contributed by atoms with van der Waals surface area (Å²) in [7, 11) is 0. The molecule has 0 aliphatic rings. The molecule has 0 bridgehead atoms. The predicted octanol–water partition coefficient (Wildman–Crippen LogP) is 0.792. The molecule has 0 fully saturated rings. The van der Waals surface area contributed by atoms with Crippen LogP contribution in [0.5, 0.6) is 0 Å². The van der Waals surface area contributed by atoms with Crippen molar-refractivity contribution in [2.75, 3.05) is 11.5 Å². The predicted molar refractivity (Wildman–Crippen MR) is 57.8 cm³/mol. The maximum Gasteiger partial charge on any atom is 0.313 e.